The summed E-state index contributed by atoms with van der Waals surface area (Å²) in [5.74, 6) is -0.719. The highest BCUT2D eigenvalue weighted by Gasteiger charge is 2.37. The molecule has 3 aromatic carbocycles. The second-order valence-corrected chi connectivity index (χ2v) is 9.47. The molecule has 4 amide bonds. The Bertz CT molecular complexity index is 1500. The summed E-state index contributed by atoms with van der Waals surface area (Å²) in [7, 11) is 0. The SMILES string of the molecule is CCOc1cc(/C=C2\C(=O)NC(=O)N(c3cc(C)cc(C)c3)C2=O)c(Br)cc1OCc1ccccc1C#N. The topological polar surface area (TPSA) is 109 Å². The number of benzene rings is 3. The van der Waals surface area contributed by atoms with Crippen molar-refractivity contribution in [3.8, 4) is 17.6 Å². The minimum atomic E-state index is -0.808. The van der Waals surface area contributed by atoms with Gasteiger partial charge in [-0.2, -0.15) is 5.26 Å². The van der Waals surface area contributed by atoms with Crippen LogP contribution < -0.4 is 19.7 Å². The number of nitrogens with one attached hydrogen (secondary N) is 1. The van der Waals surface area contributed by atoms with Crippen molar-refractivity contribution >= 4 is 45.5 Å². The Morgan fingerprint density at radius 3 is 2.37 bits per heavy atom. The summed E-state index contributed by atoms with van der Waals surface area (Å²) >= 11 is 3.49. The van der Waals surface area contributed by atoms with E-state index in [9.17, 15) is 19.6 Å². The summed E-state index contributed by atoms with van der Waals surface area (Å²) in [6.45, 7) is 6.03. The number of nitrogens with zero attached hydrogens (tertiary/aromatic N) is 2. The molecule has 3 aromatic rings. The van der Waals surface area contributed by atoms with E-state index in [0.29, 0.717) is 39.4 Å². The molecule has 1 aliphatic heterocycles. The Hall–Kier alpha value is -4.42. The molecular formula is C29H24BrN3O5. The number of aryl methyl sites for hydroxylation is 2. The highest BCUT2D eigenvalue weighted by molar-refractivity contribution is 9.10. The van der Waals surface area contributed by atoms with E-state index in [-0.39, 0.29) is 12.2 Å². The van der Waals surface area contributed by atoms with Gasteiger partial charge < -0.3 is 9.47 Å². The summed E-state index contributed by atoms with van der Waals surface area (Å²) in [5, 5.41) is 11.6. The summed E-state index contributed by atoms with van der Waals surface area (Å²) in [4.78, 5) is 39.6. The summed E-state index contributed by atoms with van der Waals surface area (Å²) < 4.78 is 12.3. The van der Waals surface area contributed by atoms with Crippen LogP contribution in [-0.4, -0.2) is 24.5 Å². The zero-order valence-corrected chi connectivity index (χ0v) is 22.6. The van der Waals surface area contributed by atoms with Crippen molar-refractivity contribution in [2.24, 2.45) is 0 Å². The van der Waals surface area contributed by atoms with Gasteiger partial charge in [-0.25, -0.2) is 9.69 Å². The standard InChI is InChI=1S/C29H24BrN3O5/c1-4-37-25-13-21(24(30)14-26(25)38-16-20-8-6-5-7-19(20)15-31)12-23-27(34)32-29(36)33(28(23)35)22-10-17(2)9-18(3)11-22/h5-14H,4,16H2,1-3H3,(H,32,34,36)/b23-12+. The largest absolute Gasteiger partial charge is 0.490 e. The minimum Gasteiger partial charge on any atom is -0.490 e. The predicted octanol–water partition coefficient (Wildman–Crippen LogP) is 5.58. The number of halogens is 1. The number of carbonyl (C=O) groups excluding carboxylic acids is 3. The van der Waals surface area contributed by atoms with Gasteiger partial charge in [0, 0.05) is 10.0 Å². The monoisotopic (exact) mass is 573 g/mol. The van der Waals surface area contributed by atoms with E-state index < -0.39 is 17.8 Å². The molecular weight excluding hydrogens is 550 g/mol. The van der Waals surface area contributed by atoms with Crippen molar-refractivity contribution in [1.29, 1.82) is 5.26 Å². The number of nitriles is 1. The maximum Gasteiger partial charge on any atom is 0.335 e. The van der Waals surface area contributed by atoms with Crippen molar-refractivity contribution in [3.05, 3.63) is 92.5 Å². The fraction of sp³-hybridized carbons (Fsp3) is 0.172. The van der Waals surface area contributed by atoms with Gasteiger partial charge in [0.2, 0.25) is 0 Å². The second kappa shape index (κ2) is 11.3. The molecule has 38 heavy (non-hydrogen) atoms. The first kappa shape index (κ1) is 26.6. The minimum absolute atomic E-state index is 0.143. The zero-order valence-electron chi connectivity index (χ0n) is 21.0. The summed E-state index contributed by atoms with van der Waals surface area (Å²) in [6, 6.07) is 17.1. The molecule has 9 heteroatoms. The number of anilines is 1. The van der Waals surface area contributed by atoms with Crippen LogP contribution in [0.4, 0.5) is 10.5 Å². The molecule has 0 spiro atoms. The van der Waals surface area contributed by atoms with E-state index in [0.717, 1.165) is 21.6 Å². The molecule has 0 radical (unpaired) electrons. The molecule has 0 atom stereocenters. The molecule has 8 nitrogen and oxygen atoms in total. The number of ether oxygens (including phenoxy) is 2. The van der Waals surface area contributed by atoms with E-state index in [4.69, 9.17) is 9.47 Å². The number of amides is 4. The first-order valence-electron chi connectivity index (χ1n) is 11.8. The lowest BCUT2D eigenvalue weighted by atomic mass is 10.0. The van der Waals surface area contributed by atoms with Gasteiger partial charge in [0.25, 0.3) is 11.8 Å². The van der Waals surface area contributed by atoms with Gasteiger partial charge in [-0.15, -0.1) is 0 Å². The van der Waals surface area contributed by atoms with Gasteiger partial charge in [-0.05, 0) is 73.9 Å². The van der Waals surface area contributed by atoms with Crippen LogP contribution in [0.2, 0.25) is 0 Å². The van der Waals surface area contributed by atoms with E-state index in [2.05, 4.69) is 27.3 Å². The molecule has 4 rings (SSSR count). The van der Waals surface area contributed by atoms with Gasteiger partial charge in [0.1, 0.15) is 12.2 Å². The lowest BCUT2D eigenvalue weighted by Crippen LogP contribution is -2.54. The Morgan fingerprint density at radius 1 is 1.00 bits per heavy atom. The second-order valence-electron chi connectivity index (χ2n) is 8.61. The lowest BCUT2D eigenvalue weighted by molar-refractivity contribution is -0.122. The van der Waals surface area contributed by atoms with Crippen LogP contribution in [0.25, 0.3) is 6.08 Å². The Balaban J connectivity index is 1.69. The van der Waals surface area contributed by atoms with Gasteiger partial charge in [-0.1, -0.05) is 40.2 Å². The van der Waals surface area contributed by atoms with E-state index in [1.165, 1.54) is 6.08 Å². The van der Waals surface area contributed by atoms with Gasteiger partial charge in [0.15, 0.2) is 11.5 Å². The number of imide groups is 2. The van der Waals surface area contributed by atoms with Crippen LogP contribution >= 0.6 is 15.9 Å². The first-order chi connectivity index (χ1) is 18.2. The third kappa shape index (κ3) is 5.61. The van der Waals surface area contributed by atoms with Crippen LogP contribution in [0, 0.1) is 25.2 Å². The van der Waals surface area contributed by atoms with E-state index in [1.807, 2.05) is 39.0 Å². The van der Waals surface area contributed by atoms with Crippen LogP contribution in [-0.2, 0) is 16.2 Å². The van der Waals surface area contributed by atoms with Gasteiger partial charge in [0.05, 0.1) is 23.9 Å². The van der Waals surface area contributed by atoms with Crippen molar-refractivity contribution in [2.75, 3.05) is 11.5 Å². The third-order valence-corrected chi connectivity index (χ3v) is 6.44. The lowest BCUT2D eigenvalue weighted by Gasteiger charge is -2.27. The maximum atomic E-state index is 13.4. The fourth-order valence-electron chi connectivity index (χ4n) is 4.08. The fourth-order valence-corrected chi connectivity index (χ4v) is 4.52. The molecule has 1 aliphatic rings. The number of hydrogen-bond acceptors (Lipinski definition) is 6. The van der Waals surface area contributed by atoms with Crippen molar-refractivity contribution in [1.82, 2.24) is 5.32 Å². The molecule has 192 valence electrons. The molecule has 1 heterocycles. The molecule has 1 fully saturated rings. The van der Waals surface area contributed by atoms with Crippen LogP contribution in [0.1, 0.15) is 34.7 Å². The quantitative estimate of drug-likeness (QED) is 0.292. The Kier molecular flexibility index (Phi) is 7.93. The molecule has 0 aliphatic carbocycles. The number of hydrogen-bond donors (Lipinski definition) is 1. The van der Waals surface area contributed by atoms with E-state index in [1.54, 1.807) is 36.4 Å². The van der Waals surface area contributed by atoms with Crippen LogP contribution in [0.3, 0.4) is 0 Å². The van der Waals surface area contributed by atoms with Crippen molar-refractivity contribution in [3.63, 3.8) is 0 Å². The van der Waals surface area contributed by atoms with Crippen molar-refractivity contribution < 1.29 is 23.9 Å². The average molecular weight is 574 g/mol. The predicted molar refractivity (Wildman–Crippen MR) is 146 cm³/mol. The first-order valence-corrected chi connectivity index (χ1v) is 12.6. The summed E-state index contributed by atoms with van der Waals surface area (Å²) in [6.07, 6.45) is 1.40. The molecule has 0 bridgehead atoms. The highest BCUT2D eigenvalue weighted by atomic mass is 79.9. The number of urea groups is 1. The Morgan fingerprint density at radius 2 is 1.68 bits per heavy atom. The van der Waals surface area contributed by atoms with Gasteiger partial charge in [-0.3, -0.25) is 14.9 Å². The molecule has 1 saturated heterocycles. The smallest absolute Gasteiger partial charge is 0.335 e. The third-order valence-electron chi connectivity index (χ3n) is 5.75. The van der Waals surface area contributed by atoms with Gasteiger partial charge >= 0.3 is 6.03 Å². The number of rotatable bonds is 7. The summed E-state index contributed by atoms with van der Waals surface area (Å²) in [5.41, 5.74) is 3.63. The number of carbonyl (C=O) groups is 3. The van der Waals surface area contributed by atoms with Crippen LogP contribution in [0.5, 0.6) is 11.5 Å². The maximum absolute atomic E-state index is 13.4. The molecule has 0 saturated carbocycles. The molecule has 1 N–H and O–H groups in total. The molecule has 0 unspecified atom stereocenters. The van der Waals surface area contributed by atoms with Crippen molar-refractivity contribution in [2.45, 2.75) is 27.4 Å². The molecule has 0 aromatic heterocycles. The average Bonchev–Trinajstić information content (AvgIpc) is 2.86. The van der Waals surface area contributed by atoms with E-state index >= 15 is 0 Å². The normalized spacial score (nSPS) is 14.3. The number of barbiturate groups is 1. The Labute approximate surface area is 228 Å². The zero-order chi connectivity index (χ0) is 27.4. The van der Waals surface area contributed by atoms with Crippen LogP contribution in [0.15, 0.2) is 64.6 Å². The highest BCUT2D eigenvalue weighted by Crippen LogP contribution is 2.36.